The average Bonchev–Trinajstić information content (AvgIpc) is 2.75. The third-order valence-electron chi connectivity index (χ3n) is 3.78. The highest BCUT2D eigenvalue weighted by molar-refractivity contribution is 9.10. The normalized spacial score (nSPS) is 26.3. The zero-order chi connectivity index (χ0) is 12.3. The third-order valence-corrected chi connectivity index (χ3v) is 4.21. The Balaban J connectivity index is 1.95. The predicted octanol–water partition coefficient (Wildman–Crippen LogP) is 2.99. The Kier molecular flexibility index (Phi) is 4.65. The van der Waals surface area contributed by atoms with Crippen molar-refractivity contribution in [1.82, 2.24) is 4.90 Å². The van der Waals surface area contributed by atoms with Crippen molar-refractivity contribution in [2.24, 2.45) is 11.7 Å². The number of nitrogens with zero attached hydrogens (tertiary/aromatic N) is 1. The highest BCUT2D eigenvalue weighted by Crippen LogP contribution is 2.27. The standard InChI is InChI=1S/C13H21BrN2O/c1-2-10-5-6-16(11(7-10)8-15)9-12-3-4-13(14)17-12/h3-4,10-11H,2,5-9,15H2,1H3. The fourth-order valence-corrected chi connectivity index (χ4v) is 2.98. The molecular formula is C13H21BrN2O. The molecule has 0 amide bonds. The lowest BCUT2D eigenvalue weighted by Gasteiger charge is -2.38. The minimum atomic E-state index is 0.512. The Labute approximate surface area is 111 Å². The van der Waals surface area contributed by atoms with Gasteiger partial charge in [-0.3, -0.25) is 4.90 Å². The summed E-state index contributed by atoms with van der Waals surface area (Å²) in [7, 11) is 0. The van der Waals surface area contributed by atoms with Crippen LogP contribution in [0.2, 0.25) is 0 Å². The SMILES string of the molecule is CCC1CCN(Cc2ccc(Br)o2)C(CN)C1. The average molecular weight is 301 g/mol. The predicted molar refractivity (Wildman–Crippen MR) is 72.7 cm³/mol. The van der Waals surface area contributed by atoms with Crippen LogP contribution in [0.4, 0.5) is 0 Å². The fourth-order valence-electron chi connectivity index (χ4n) is 2.64. The molecule has 3 nitrogen and oxygen atoms in total. The van der Waals surface area contributed by atoms with Gasteiger partial charge in [0, 0.05) is 12.6 Å². The second kappa shape index (κ2) is 6.03. The van der Waals surface area contributed by atoms with Gasteiger partial charge in [0.25, 0.3) is 0 Å². The number of nitrogens with two attached hydrogens (primary N) is 1. The summed E-state index contributed by atoms with van der Waals surface area (Å²) in [5.74, 6) is 1.87. The molecule has 0 aliphatic carbocycles. The maximum atomic E-state index is 5.89. The number of halogens is 1. The van der Waals surface area contributed by atoms with E-state index in [1.54, 1.807) is 0 Å². The third kappa shape index (κ3) is 3.33. The molecule has 2 rings (SSSR count). The molecule has 1 saturated heterocycles. The van der Waals surface area contributed by atoms with E-state index in [4.69, 9.17) is 10.2 Å². The summed E-state index contributed by atoms with van der Waals surface area (Å²) in [5.41, 5.74) is 5.89. The van der Waals surface area contributed by atoms with E-state index in [9.17, 15) is 0 Å². The second-order valence-electron chi connectivity index (χ2n) is 4.86. The molecular weight excluding hydrogens is 280 g/mol. The monoisotopic (exact) mass is 300 g/mol. The number of piperidine rings is 1. The van der Waals surface area contributed by atoms with Crippen molar-refractivity contribution < 1.29 is 4.42 Å². The van der Waals surface area contributed by atoms with Crippen molar-refractivity contribution in [3.8, 4) is 0 Å². The Morgan fingerprint density at radius 1 is 1.53 bits per heavy atom. The van der Waals surface area contributed by atoms with Gasteiger partial charge in [0.1, 0.15) is 5.76 Å². The summed E-state index contributed by atoms with van der Waals surface area (Å²) in [6.07, 6.45) is 3.79. The van der Waals surface area contributed by atoms with Gasteiger partial charge in [-0.25, -0.2) is 0 Å². The lowest BCUT2D eigenvalue weighted by molar-refractivity contribution is 0.0995. The van der Waals surface area contributed by atoms with Crippen molar-refractivity contribution in [2.45, 2.75) is 38.8 Å². The number of hydrogen-bond acceptors (Lipinski definition) is 3. The van der Waals surface area contributed by atoms with Gasteiger partial charge in [0.2, 0.25) is 0 Å². The maximum Gasteiger partial charge on any atom is 0.169 e. The van der Waals surface area contributed by atoms with Crippen LogP contribution < -0.4 is 5.73 Å². The van der Waals surface area contributed by atoms with E-state index in [1.165, 1.54) is 19.3 Å². The lowest BCUT2D eigenvalue weighted by Crippen LogP contribution is -2.45. The summed E-state index contributed by atoms with van der Waals surface area (Å²) < 4.78 is 6.37. The van der Waals surface area contributed by atoms with Crippen LogP contribution in [0.1, 0.15) is 31.9 Å². The molecule has 1 aromatic rings. The minimum absolute atomic E-state index is 0.512. The maximum absolute atomic E-state index is 5.89. The number of furan rings is 1. The van der Waals surface area contributed by atoms with Crippen LogP contribution in [0.3, 0.4) is 0 Å². The van der Waals surface area contributed by atoms with Gasteiger partial charge in [0.15, 0.2) is 4.67 Å². The zero-order valence-electron chi connectivity index (χ0n) is 10.4. The topological polar surface area (TPSA) is 42.4 Å². The van der Waals surface area contributed by atoms with E-state index >= 15 is 0 Å². The van der Waals surface area contributed by atoms with Crippen LogP contribution in [-0.2, 0) is 6.54 Å². The zero-order valence-corrected chi connectivity index (χ0v) is 11.9. The van der Waals surface area contributed by atoms with E-state index in [-0.39, 0.29) is 0 Å². The molecule has 1 aliphatic heterocycles. The molecule has 1 aromatic heterocycles. The van der Waals surface area contributed by atoms with E-state index in [1.807, 2.05) is 12.1 Å². The van der Waals surface area contributed by atoms with Crippen molar-refractivity contribution in [3.63, 3.8) is 0 Å². The van der Waals surface area contributed by atoms with Crippen molar-refractivity contribution in [1.29, 1.82) is 0 Å². The summed E-state index contributed by atoms with van der Waals surface area (Å²) in [4.78, 5) is 2.46. The molecule has 2 unspecified atom stereocenters. The van der Waals surface area contributed by atoms with E-state index in [0.29, 0.717) is 6.04 Å². The Morgan fingerprint density at radius 2 is 2.35 bits per heavy atom. The molecule has 2 N–H and O–H groups in total. The molecule has 0 aromatic carbocycles. The smallest absolute Gasteiger partial charge is 0.169 e. The molecule has 2 atom stereocenters. The highest BCUT2D eigenvalue weighted by atomic mass is 79.9. The van der Waals surface area contributed by atoms with Crippen molar-refractivity contribution in [3.05, 3.63) is 22.6 Å². The fraction of sp³-hybridized carbons (Fsp3) is 0.692. The van der Waals surface area contributed by atoms with Gasteiger partial charge < -0.3 is 10.2 Å². The van der Waals surface area contributed by atoms with Gasteiger partial charge in [-0.05, 0) is 53.4 Å². The first-order valence-corrected chi connectivity index (χ1v) is 7.20. The molecule has 1 fully saturated rings. The number of likely N-dealkylation sites (tertiary alicyclic amines) is 1. The summed E-state index contributed by atoms with van der Waals surface area (Å²) >= 11 is 3.34. The Bertz CT molecular complexity index is 353. The number of rotatable bonds is 4. The quantitative estimate of drug-likeness (QED) is 0.929. The van der Waals surface area contributed by atoms with Crippen LogP contribution >= 0.6 is 15.9 Å². The first kappa shape index (κ1) is 13.1. The van der Waals surface area contributed by atoms with Gasteiger partial charge in [-0.1, -0.05) is 13.3 Å². The van der Waals surface area contributed by atoms with Gasteiger partial charge in [-0.15, -0.1) is 0 Å². The van der Waals surface area contributed by atoms with Crippen molar-refractivity contribution >= 4 is 15.9 Å². The van der Waals surface area contributed by atoms with E-state index < -0.39 is 0 Å². The number of hydrogen-bond donors (Lipinski definition) is 1. The summed E-state index contributed by atoms with van der Waals surface area (Å²) in [6.45, 7) is 5.04. The Hall–Kier alpha value is -0.320. The largest absolute Gasteiger partial charge is 0.453 e. The lowest BCUT2D eigenvalue weighted by atomic mass is 9.89. The summed E-state index contributed by atoms with van der Waals surface area (Å²) in [5, 5.41) is 0. The molecule has 17 heavy (non-hydrogen) atoms. The Morgan fingerprint density at radius 3 is 2.94 bits per heavy atom. The van der Waals surface area contributed by atoms with E-state index in [0.717, 1.165) is 36.0 Å². The van der Waals surface area contributed by atoms with Gasteiger partial charge in [0.05, 0.1) is 6.54 Å². The van der Waals surface area contributed by atoms with Crippen molar-refractivity contribution in [2.75, 3.05) is 13.1 Å². The highest BCUT2D eigenvalue weighted by Gasteiger charge is 2.27. The van der Waals surface area contributed by atoms with Crippen LogP contribution in [0.5, 0.6) is 0 Å². The first-order chi connectivity index (χ1) is 8.22. The van der Waals surface area contributed by atoms with Gasteiger partial charge in [-0.2, -0.15) is 0 Å². The molecule has 1 aliphatic rings. The molecule has 0 radical (unpaired) electrons. The van der Waals surface area contributed by atoms with Crippen LogP contribution in [0.15, 0.2) is 21.2 Å². The second-order valence-corrected chi connectivity index (χ2v) is 5.65. The van der Waals surface area contributed by atoms with Crippen LogP contribution in [-0.4, -0.2) is 24.0 Å². The first-order valence-electron chi connectivity index (χ1n) is 6.41. The minimum Gasteiger partial charge on any atom is -0.453 e. The van der Waals surface area contributed by atoms with E-state index in [2.05, 4.69) is 27.8 Å². The van der Waals surface area contributed by atoms with Crippen LogP contribution in [0, 0.1) is 5.92 Å². The molecule has 4 heteroatoms. The van der Waals surface area contributed by atoms with Gasteiger partial charge >= 0.3 is 0 Å². The summed E-state index contributed by atoms with van der Waals surface area (Å²) in [6, 6.07) is 4.49. The molecule has 2 heterocycles. The molecule has 0 saturated carbocycles. The molecule has 96 valence electrons. The van der Waals surface area contributed by atoms with Crippen LogP contribution in [0.25, 0.3) is 0 Å². The molecule has 0 bridgehead atoms. The molecule has 0 spiro atoms.